The third kappa shape index (κ3) is 3.38. The van der Waals surface area contributed by atoms with Gasteiger partial charge in [0.1, 0.15) is 11.4 Å². The summed E-state index contributed by atoms with van der Waals surface area (Å²) >= 11 is 0. The summed E-state index contributed by atoms with van der Waals surface area (Å²) < 4.78 is 4.94. The summed E-state index contributed by atoms with van der Waals surface area (Å²) in [6.07, 6.45) is 0. The molecule has 0 radical (unpaired) electrons. The van der Waals surface area contributed by atoms with Crippen molar-refractivity contribution in [3.63, 3.8) is 0 Å². The Bertz CT molecular complexity index is 673. The molecule has 21 heavy (non-hydrogen) atoms. The quantitative estimate of drug-likeness (QED) is 0.648. The zero-order chi connectivity index (χ0) is 15.4. The van der Waals surface area contributed by atoms with Crippen molar-refractivity contribution in [3.8, 4) is 11.5 Å². The number of pyridine rings is 1. The molecule has 7 nitrogen and oxygen atoms in total. The number of ether oxygens (including phenoxy) is 1. The molecule has 0 aliphatic heterocycles. The maximum absolute atomic E-state index is 11.0. The van der Waals surface area contributed by atoms with E-state index in [9.17, 15) is 15.2 Å². The normalized spacial score (nSPS) is 10.2. The highest BCUT2D eigenvalue weighted by atomic mass is 16.6. The predicted octanol–water partition coefficient (Wildman–Crippen LogP) is 2.62. The fraction of sp³-hybridized carbons (Fsp3) is 0.214. The van der Waals surface area contributed by atoms with Crippen LogP contribution in [0.4, 0.5) is 11.4 Å². The van der Waals surface area contributed by atoms with Gasteiger partial charge in [-0.3, -0.25) is 15.1 Å². The van der Waals surface area contributed by atoms with Gasteiger partial charge in [0, 0.05) is 17.4 Å². The Labute approximate surface area is 121 Å². The van der Waals surface area contributed by atoms with Crippen molar-refractivity contribution in [1.29, 1.82) is 0 Å². The molecule has 0 saturated heterocycles. The first kappa shape index (κ1) is 14.6. The monoisotopic (exact) mass is 289 g/mol. The van der Waals surface area contributed by atoms with Crippen LogP contribution in [-0.4, -0.2) is 22.1 Å². The van der Waals surface area contributed by atoms with Crippen molar-refractivity contribution >= 4 is 11.4 Å². The number of aromatic hydroxyl groups is 1. The van der Waals surface area contributed by atoms with E-state index in [4.69, 9.17) is 4.74 Å². The lowest BCUT2D eigenvalue weighted by molar-refractivity contribution is -0.385. The maximum atomic E-state index is 11.0. The van der Waals surface area contributed by atoms with E-state index in [0.717, 1.165) is 5.69 Å². The van der Waals surface area contributed by atoms with Gasteiger partial charge in [0.05, 0.1) is 18.6 Å². The van der Waals surface area contributed by atoms with Gasteiger partial charge in [0.15, 0.2) is 5.75 Å². The molecule has 0 amide bonds. The molecule has 0 saturated carbocycles. The van der Waals surface area contributed by atoms with Gasteiger partial charge in [-0.15, -0.1) is 0 Å². The lowest BCUT2D eigenvalue weighted by Crippen LogP contribution is -2.03. The molecule has 2 rings (SSSR count). The summed E-state index contributed by atoms with van der Waals surface area (Å²) in [5.41, 5.74) is 1.69. The number of aromatic nitrogens is 1. The average Bonchev–Trinajstić information content (AvgIpc) is 2.47. The Morgan fingerprint density at radius 1 is 1.38 bits per heavy atom. The van der Waals surface area contributed by atoms with Gasteiger partial charge < -0.3 is 15.2 Å². The van der Waals surface area contributed by atoms with Crippen LogP contribution in [0.25, 0.3) is 0 Å². The van der Waals surface area contributed by atoms with Crippen molar-refractivity contribution < 1.29 is 14.8 Å². The molecule has 7 heteroatoms. The van der Waals surface area contributed by atoms with Crippen LogP contribution in [0.5, 0.6) is 11.5 Å². The molecule has 2 N–H and O–H groups in total. The minimum Gasteiger partial charge on any atom is -0.506 e. The summed E-state index contributed by atoms with van der Waals surface area (Å²) in [6, 6.07) is 7.83. The third-order valence-electron chi connectivity index (χ3n) is 2.92. The number of methoxy groups -OCH3 is 1. The second-order valence-electron chi connectivity index (χ2n) is 4.42. The number of hydrogen-bond donors (Lipinski definition) is 2. The predicted molar refractivity (Wildman–Crippen MR) is 77.6 cm³/mol. The molecule has 1 heterocycles. The van der Waals surface area contributed by atoms with E-state index in [1.165, 1.54) is 19.2 Å². The Hall–Kier alpha value is -2.83. The number of aryl methyl sites for hydroxylation is 1. The fourth-order valence-electron chi connectivity index (χ4n) is 1.86. The summed E-state index contributed by atoms with van der Waals surface area (Å²) in [5, 5.41) is 23.7. The van der Waals surface area contributed by atoms with Crippen LogP contribution in [-0.2, 0) is 6.54 Å². The average molecular weight is 289 g/mol. The van der Waals surface area contributed by atoms with Gasteiger partial charge in [-0.05, 0) is 31.2 Å². The summed E-state index contributed by atoms with van der Waals surface area (Å²) in [6.45, 7) is 2.08. The van der Waals surface area contributed by atoms with Crippen molar-refractivity contribution in [2.45, 2.75) is 13.5 Å². The number of benzene rings is 1. The van der Waals surface area contributed by atoms with Crippen molar-refractivity contribution in [1.82, 2.24) is 4.98 Å². The highest BCUT2D eigenvalue weighted by molar-refractivity contribution is 5.58. The molecule has 0 unspecified atom stereocenters. The van der Waals surface area contributed by atoms with Crippen molar-refractivity contribution in [2.75, 3.05) is 12.4 Å². The first-order chi connectivity index (χ1) is 10.0. The highest BCUT2D eigenvalue weighted by Crippen LogP contribution is 2.30. The number of nitrogens with zero attached hydrogens (tertiary/aromatic N) is 2. The number of rotatable bonds is 5. The number of anilines is 1. The standard InChI is InChI=1S/C14H15N3O4/c1-9-3-5-13(18)11(16-9)8-15-10-4-6-14(21-2)12(7-10)17(19)20/h3-7,15,18H,8H2,1-2H3. The Morgan fingerprint density at radius 2 is 2.14 bits per heavy atom. The number of nitrogens with one attached hydrogen (secondary N) is 1. The molecule has 2 aromatic rings. The van der Waals surface area contributed by atoms with E-state index in [1.54, 1.807) is 18.2 Å². The summed E-state index contributed by atoms with van der Waals surface area (Å²) in [5.74, 6) is 0.276. The molecular weight excluding hydrogens is 274 g/mol. The second kappa shape index (κ2) is 6.08. The number of nitro benzene ring substituents is 1. The minimum absolute atomic E-state index is 0.0797. The van der Waals surface area contributed by atoms with Gasteiger partial charge in [-0.1, -0.05) is 0 Å². The Balaban J connectivity index is 2.18. The Morgan fingerprint density at radius 3 is 2.81 bits per heavy atom. The molecule has 0 bridgehead atoms. The lowest BCUT2D eigenvalue weighted by atomic mass is 10.2. The zero-order valence-corrected chi connectivity index (χ0v) is 11.7. The van der Waals surface area contributed by atoms with Gasteiger partial charge >= 0.3 is 5.69 Å². The molecule has 0 aliphatic rings. The van der Waals surface area contributed by atoms with Gasteiger partial charge in [-0.25, -0.2) is 0 Å². The van der Waals surface area contributed by atoms with E-state index in [1.807, 2.05) is 6.92 Å². The smallest absolute Gasteiger partial charge is 0.312 e. The fourth-order valence-corrected chi connectivity index (χ4v) is 1.86. The largest absolute Gasteiger partial charge is 0.506 e. The minimum atomic E-state index is -0.508. The molecule has 1 aromatic heterocycles. The molecule has 1 aromatic carbocycles. The zero-order valence-electron chi connectivity index (χ0n) is 11.7. The molecule has 0 spiro atoms. The molecule has 0 atom stereocenters. The second-order valence-corrected chi connectivity index (χ2v) is 4.42. The van der Waals surface area contributed by atoms with Crippen LogP contribution >= 0.6 is 0 Å². The molecule has 0 fully saturated rings. The highest BCUT2D eigenvalue weighted by Gasteiger charge is 2.15. The summed E-state index contributed by atoms with van der Waals surface area (Å²) in [7, 11) is 1.38. The van der Waals surface area contributed by atoms with Crippen LogP contribution in [0.1, 0.15) is 11.4 Å². The van der Waals surface area contributed by atoms with Gasteiger partial charge in [-0.2, -0.15) is 0 Å². The van der Waals surface area contributed by atoms with E-state index in [0.29, 0.717) is 11.4 Å². The number of hydrogen-bond acceptors (Lipinski definition) is 6. The van der Waals surface area contributed by atoms with E-state index in [-0.39, 0.29) is 23.7 Å². The maximum Gasteiger partial charge on any atom is 0.312 e. The van der Waals surface area contributed by atoms with E-state index >= 15 is 0 Å². The van der Waals surface area contributed by atoms with Crippen LogP contribution < -0.4 is 10.1 Å². The van der Waals surface area contributed by atoms with Crippen LogP contribution in [0.2, 0.25) is 0 Å². The first-order valence-corrected chi connectivity index (χ1v) is 6.23. The molecule has 110 valence electrons. The molecular formula is C14H15N3O4. The van der Waals surface area contributed by atoms with E-state index < -0.39 is 4.92 Å². The van der Waals surface area contributed by atoms with E-state index in [2.05, 4.69) is 10.3 Å². The number of nitro groups is 1. The molecule has 0 aliphatic carbocycles. The summed E-state index contributed by atoms with van der Waals surface area (Å²) in [4.78, 5) is 14.7. The first-order valence-electron chi connectivity index (χ1n) is 6.23. The van der Waals surface area contributed by atoms with Crippen molar-refractivity contribution in [3.05, 3.63) is 51.8 Å². The topological polar surface area (TPSA) is 97.5 Å². The van der Waals surface area contributed by atoms with Crippen molar-refractivity contribution in [2.24, 2.45) is 0 Å². The SMILES string of the molecule is COc1ccc(NCc2nc(C)ccc2O)cc1[N+](=O)[O-]. The van der Waals surface area contributed by atoms with Crippen LogP contribution in [0.15, 0.2) is 30.3 Å². The van der Waals surface area contributed by atoms with Gasteiger partial charge in [0.2, 0.25) is 0 Å². The lowest BCUT2D eigenvalue weighted by Gasteiger charge is -2.09. The van der Waals surface area contributed by atoms with Crippen LogP contribution in [0.3, 0.4) is 0 Å². The Kier molecular flexibility index (Phi) is 4.22. The third-order valence-corrected chi connectivity index (χ3v) is 2.92. The van der Waals surface area contributed by atoms with Crippen LogP contribution in [0, 0.1) is 17.0 Å². The van der Waals surface area contributed by atoms with Gasteiger partial charge in [0.25, 0.3) is 0 Å².